The number of ether oxygens (including phenoxy) is 1. The predicted octanol–water partition coefficient (Wildman–Crippen LogP) is 1.56. The Morgan fingerprint density at radius 2 is 2.15 bits per heavy atom. The first-order valence-corrected chi connectivity index (χ1v) is 7.34. The van der Waals surface area contributed by atoms with Crippen LogP contribution in [-0.4, -0.2) is 54.9 Å². The Kier molecular flexibility index (Phi) is 7.36. The first-order valence-electron chi connectivity index (χ1n) is 7.34. The molecule has 1 rings (SSSR count). The van der Waals surface area contributed by atoms with Gasteiger partial charge in [-0.3, -0.25) is 4.79 Å². The van der Waals surface area contributed by atoms with Crippen LogP contribution in [0, 0.1) is 11.8 Å². The lowest BCUT2D eigenvalue weighted by molar-refractivity contribution is -0.143. The third-order valence-corrected chi connectivity index (χ3v) is 3.42. The zero-order chi connectivity index (χ0) is 15.0. The second-order valence-electron chi connectivity index (χ2n) is 5.65. The highest BCUT2D eigenvalue weighted by atomic mass is 16.5. The quantitative estimate of drug-likeness (QED) is 0.696. The van der Waals surface area contributed by atoms with Gasteiger partial charge in [-0.15, -0.1) is 0 Å². The van der Waals surface area contributed by atoms with Gasteiger partial charge < -0.3 is 20.1 Å². The number of urea groups is 1. The number of hydrogen-bond donors (Lipinski definition) is 2. The number of rotatable bonds is 7. The Balaban J connectivity index is 2.14. The molecule has 0 saturated carbocycles. The molecule has 0 unspecified atom stereocenters. The van der Waals surface area contributed by atoms with Crippen molar-refractivity contribution >= 4 is 12.0 Å². The highest BCUT2D eigenvalue weighted by Crippen LogP contribution is 2.16. The van der Waals surface area contributed by atoms with Crippen molar-refractivity contribution in [1.29, 1.82) is 0 Å². The van der Waals surface area contributed by atoms with Crippen LogP contribution < -0.4 is 5.32 Å². The van der Waals surface area contributed by atoms with E-state index in [0.717, 1.165) is 12.8 Å². The largest absolute Gasteiger partial charge is 0.481 e. The fourth-order valence-electron chi connectivity index (χ4n) is 2.13. The smallest absolute Gasteiger partial charge is 0.317 e. The van der Waals surface area contributed by atoms with Gasteiger partial charge in [0.25, 0.3) is 0 Å². The number of hydrogen-bond acceptors (Lipinski definition) is 3. The second-order valence-corrected chi connectivity index (χ2v) is 5.65. The monoisotopic (exact) mass is 286 g/mol. The van der Waals surface area contributed by atoms with Gasteiger partial charge in [0, 0.05) is 26.2 Å². The molecule has 116 valence electrons. The Morgan fingerprint density at radius 3 is 2.80 bits per heavy atom. The van der Waals surface area contributed by atoms with E-state index in [0.29, 0.717) is 45.2 Å². The van der Waals surface area contributed by atoms with E-state index in [1.54, 1.807) is 4.90 Å². The summed E-state index contributed by atoms with van der Waals surface area (Å²) in [4.78, 5) is 24.4. The molecule has 0 aliphatic carbocycles. The normalized spacial score (nSPS) is 19.1. The van der Waals surface area contributed by atoms with Crippen LogP contribution in [0.4, 0.5) is 4.79 Å². The van der Waals surface area contributed by atoms with Crippen molar-refractivity contribution < 1.29 is 19.4 Å². The van der Waals surface area contributed by atoms with Gasteiger partial charge in [-0.2, -0.15) is 0 Å². The summed E-state index contributed by atoms with van der Waals surface area (Å²) in [6.45, 7) is 6.87. The summed E-state index contributed by atoms with van der Waals surface area (Å²) in [7, 11) is 0. The molecule has 20 heavy (non-hydrogen) atoms. The van der Waals surface area contributed by atoms with Crippen molar-refractivity contribution in [3.8, 4) is 0 Å². The Morgan fingerprint density at radius 1 is 1.40 bits per heavy atom. The number of carbonyl (C=O) groups is 2. The van der Waals surface area contributed by atoms with Crippen molar-refractivity contribution in [3.63, 3.8) is 0 Å². The number of piperidine rings is 1. The molecule has 1 fully saturated rings. The van der Waals surface area contributed by atoms with E-state index in [1.165, 1.54) is 0 Å². The molecule has 1 aliphatic heterocycles. The molecule has 0 aromatic rings. The summed E-state index contributed by atoms with van der Waals surface area (Å²) in [5.74, 6) is -0.637. The Hall–Kier alpha value is -1.30. The Bertz CT molecular complexity index is 320. The number of nitrogens with one attached hydrogen (secondary N) is 1. The zero-order valence-corrected chi connectivity index (χ0v) is 12.4. The molecule has 1 aliphatic rings. The molecular formula is C14H26N2O4. The van der Waals surface area contributed by atoms with Crippen LogP contribution in [0.3, 0.4) is 0 Å². The lowest BCUT2D eigenvalue weighted by atomic mass is 9.99. The summed E-state index contributed by atoms with van der Waals surface area (Å²) in [5.41, 5.74) is 0. The van der Waals surface area contributed by atoms with Crippen LogP contribution in [0.5, 0.6) is 0 Å². The van der Waals surface area contributed by atoms with Crippen molar-refractivity contribution in [1.82, 2.24) is 10.2 Å². The van der Waals surface area contributed by atoms with Crippen LogP contribution in [0.2, 0.25) is 0 Å². The number of likely N-dealkylation sites (tertiary alicyclic amines) is 1. The molecular weight excluding hydrogens is 260 g/mol. The average molecular weight is 286 g/mol. The van der Waals surface area contributed by atoms with E-state index < -0.39 is 11.9 Å². The predicted molar refractivity (Wildman–Crippen MR) is 75.6 cm³/mol. The van der Waals surface area contributed by atoms with Gasteiger partial charge in [0.1, 0.15) is 0 Å². The van der Waals surface area contributed by atoms with Crippen molar-refractivity contribution in [2.45, 2.75) is 33.1 Å². The van der Waals surface area contributed by atoms with Gasteiger partial charge in [-0.05, 0) is 25.2 Å². The second kappa shape index (κ2) is 8.79. The minimum atomic E-state index is -0.820. The first kappa shape index (κ1) is 16.8. The topological polar surface area (TPSA) is 78.9 Å². The molecule has 2 amide bonds. The Labute approximate surface area is 120 Å². The molecule has 0 bridgehead atoms. The average Bonchev–Trinajstić information content (AvgIpc) is 2.42. The fraction of sp³-hybridized carbons (Fsp3) is 0.857. The molecule has 0 radical (unpaired) electrons. The molecule has 1 heterocycles. The number of nitrogens with zero attached hydrogens (tertiary/aromatic N) is 1. The fourth-order valence-corrected chi connectivity index (χ4v) is 2.13. The van der Waals surface area contributed by atoms with Crippen LogP contribution in [-0.2, 0) is 9.53 Å². The molecule has 0 aromatic carbocycles. The van der Waals surface area contributed by atoms with E-state index in [2.05, 4.69) is 19.2 Å². The van der Waals surface area contributed by atoms with Gasteiger partial charge >= 0.3 is 12.0 Å². The SMILES string of the molecule is CC(C)CCOCCNC(=O)N1CCC[C@H](C(=O)O)C1. The van der Waals surface area contributed by atoms with Crippen molar-refractivity contribution in [2.24, 2.45) is 11.8 Å². The third kappa shape index (κ3) is 6.23. The van der Waals surface area contributed by atoms with E-state index in [1.807, 2.05) is 0 Å². The highest BCUT2D eigenvalue weighted by molar-refractivity contribution is 5.76. The lowest BCUT2D eigenvalue weighted by Gasteiger charge is -2.30. The number of amides is 2. The molecule has 0 aromatic heterocycles. The van der Waals surface area contributed by atoms with E-state index >= 15 is 0 Å². The van der Waals surface area contributed by atoms with Gasteiger partial charge in [-0.1, -0.05) is 13.8 Å². The maximum atomic E-state index is 11.9. The third-order valence-electron chi connectivity index (χ3n) is 3.42. The van der Waals surface area contributed by atoms with Gasteiger partial charge in [0.15, 0.2) is 0 Å². The number of carbonyl (C=O) groups excluding carboxylic acids is 1. The van der Waals surface area contributed by atoms with Crippen molar-refractivity contribution in [2.75, 3.05) is 32.8 Å². The minimum absolute atomic E-state index is 0.191. The molecule has 1 saturated heterocycles. The molecule has 1 atom stereocenters. The van der Waals surface area contributed by atoms with Gasteiger partial charge in [0.05, 0.1) is 12.5 Å². The van der Waals surface area contributed by atoms with E-state index in [9.17, 15) is 9.59 Å². The summed E-state index contributed by atoms with van der Waals surface area (Å²) in [6.07, 6.45) is 2.41. The first-order chi connectivity index (χ1) is 9.50. The maximum absolute atomic E-state index is 11.9. The number of aliphatic carboxylic acids is 1. The van der Waals surface area contributed by atoms with E-state index in [4.69, 9.17) is 9.84 Å². The van der Waals surface area contributed by atoms with Crippen LogP contribution >= 0.6 is 0 Å². The van der Waals surface area contributed by atoms with Crippen LogP contribution in [0.1, 0.15) is 33.1 Å². The summed E-state index contributed by atoms with van der Waals surface area (Å²) in [5, 5.41) is 11.7. The van der Waals surface area contributed by atoms with Crippen molar-refractivity contribution in [3.05, 3.63) is 0 Å². The van der Waals surface area contributed by atoms with Crippen LogP contribution in [0.15, 0.2) is 0 Å². The zero-order valence-electron chi connectivity index (χ0n) is 12.4. The lowest BCUT2D eigenvalue weighted by Crippen LogP contribution is -2.47. The maximum Gasteiger partial charge on any atom is 0.317 e. The molecule has 6 nitrogen and oxygen atoms in total. The highest BCUT2D eigenvalue weighted by Gasteiger charge is 2.27. The molecule has 6 heteroatoms. The van der Waals surface area contributed by atoms with E-state index in [-0.39, 0.29) is 6.03 Å². The number of carboxylic acids is 1. The molecule has 2 N–H and O–H groups in total. The standard InChI is InChI=1S/C14H26N2O4/c1-11(2)5-8-20-9-6-15-14(19)16-7-3-4-12(10-16)13(17)18/h11-12H,3-10H2,1-2H3,(H,15,19)(H,17,18)/t12-/m0/s1. The number of carboxylic acid groups (broad SMARTS) is 1. The van der Waals surface area contributed by atoms with Gasteiger partial charge in [-0.25, -0.2) is 4.79 Å². The molecule has 0 spiro atoms. The van der Waals surface area contributed by atoms with Gasteiger partial charge in [0.2, 0.25) is 0 Å². The van der Waals surface area contributed by atoms with Crippen LogP contribution in [0.25, 0.3) is 0 Å². The summed E-state index contributed by atoms with van der Waals surface area (Å²) >= 11 is 0. The minimum Gasteiger partial charge on any atom is -0.481 e. The summed E-state index contributed by atoms with van der Waals surface area (Å²) in [6, 6.07) is -0.191. The summed E-state index contributed by atoms with van der Waals surface area (Å²) < 4.78 is 5.41.